The van der Waals surface area contributed by atoms with Gasteiger partial charge in [0.25, 0.3) is 0 Å². The summed E-state index contributed by atoms with van der Waals surface area (Å²) in [6.07, 6.45) is 5.52. The lowest BCUT2D eigenvalue weighted by atomic mass is 9.81. The molecule has 1 aromatic carbocycles. The molecule has 1 aromatic heterocycles. The second kappa shape index (κ2) is 4.21. The molecule has 0 atom stereocenters. The highest BCUT2D eigenvalue weighted by Gasteiger charge is 2.22. The molecule has 2 aromatic rings. The first-order valence-corrected chi connectivity index (χ1v) is 6.80. The molecule has 90 valence electrons. The van der Waals surface area contributed by atoms with Gasteiger partial charge in [-0.3, -0.25) is 0 Å². The number of hydrogen-bond donors (Lipinski definition) is 0. The van der Waals surface area contributed by atoms with Gasteiger partial charge in [-0.25, -0.2) is 0 Å². The Morgan fingerprint density at radius 3 is 2.47 bits per heavy atom. The summed E-state index contributed by atoms with van der Waals surface area (Å²) in [7, 11) is 2.22. The summed E-state index contributed by atoms with van der Waals surface area (Å²) in [5, 5.41) is 1.39. The molecule has 1 aliphatic carbocycles. The molecule has 1 aliphatic rings. The van der Waals surface area contributed by atoms with Crippen LogP contribution < -0.4 is 0 Å². The number of rotatable bonds is 1. The van der Waals surface area contributed by atoms with Gasteiger partial charge in [-0.15, -0.1) is 0 Å². The van der Waals surface area contributed by atoms with Crippen LogP contribution in [0.4, 0.5) is 0 Å². The average Bonchev–Trinajstić information content (AvgIpc) is 2.69. The summed E-state index contributed by atoms with van der Waals surface area (Å²) in [6.45, 7) is 2.39. The summed E-state index contributed by atoms with van der Waals surface area (Å²) >= 11 is 0. The third-order valence-corrected chi connectivity index (χ3v) is 4.42. The maximum absolute atomic E-state index is 2.40. The first kappa shape index (κ1) is 10.9. The van der Waals surface area contributed by atoms with Crippen molar-refractivity contribution < 1.29 is 0 Å². The minimum Gasteiger partial charge on any atom is -0.347 e. The van der Waals surface area contributed by atoms with E-state index in [1.807, 2.05) is 0 Å². The van der Waals surface area contributed by atoms with Crippen molar-refractivity contribution in [1.29, 1.82) is 0 Å². The summed E-state index contributed by atoms with van der Waals surface area (Å²) in [4.78, 5) is 0. The van der Waals surface area contributed by atoms with E-state index in [1.165, 1.54) is 42.3 Å². The lowest BCUT2D eigenvalue weighted by Crippen LogP contribution is -2.13. The highest BCUT2D eigenvalue weighted by atomic mass is 14.9. The van der Waals surface area contributed by atoms with Crippen LogP contribution in [0.2, 0.25) is 0 Å². The average molecular weight is 227 g/mol. The Hall–Kier alpha value is -1.24. The molecule has 0 amide bonds. The lowest BCUT2D eigenvalue weighted by Gasteiger charge is -2.26. The van der Waals surface area contributed by atoms with E-state index in [-0.39, 0.29) is 0 Å². The predicted molar refractivity (Wildman–Crippen MR) is 73.3 cm³/mol. The lowest BCUT2D eigenvalue weighted by molar-refractivity contribution is 0.341. The van der Waals surface area contributed by atoms with E-state index in [0.29, 0.717) is 0 Å². The van der Waals surface area contributed by atoms with Gasteiger partial charge in [0.05, 0.1) is 0 Å². The molecule has 1 heteroatoms. The molecule has 0 aliphatic heterocycles. The molecule has 0 radical (unpaired) electrons. The fourth-order valence-corrected chi connectivity index (χ4v) is 3.26. The van der Waals surface area contributed by atoms with Crippen molar-refractivity contribution in [3.63, 3.8) is 0 Å². The third-order valence-electron chi connectivity index (χ3n) is 4.42. The molecular formula is C16H21N. The Balaban J connectivity index is 1.97. The number of aromatic nitrogens is 1. The largest absolute Gasteiger partial charge is 0.347 e. The van der Waals surface area contributed by atoms with Crippen LogP contribution in [0.15, 0.2) is 30.3 Å². The topological polar surface area (TPSA) is 4.93 Å². The zero-order chi connectivity index (χ0) is 11.8. The number of para-hydroxylation sites is 1. The Kier molecular flexibility index (Phi) is 2.70. The van der Waals surface area contributed by atoms with Gasteiger partial charge in [0.15, 0.2) is 0 Å². The Labute approximate surface area is 103 Å². The molecular weight excluding hydrogens is 206 g/mol. The van der Waals surface area contributed by atoms with Gasteiger partial charge in [-0.05, 0) is 42.2 Å². The second-order valence-electron chi connectivity index (χ2n) is 5.64. The first-order chi connectivity index (χ1) is 8.25. The van der Waals surface area contributed by atoms with Crippen LogP contribution in [0.5, 0.6) is 0 Å². The van der Waals surface area contributed by atoms with Gasteiger partial charge >= 0.3 is 0 Å². The third kappa shape index (κ3) is 1.88. The molecule has 0 saturated heterocycles. The van der Waals surface area contributed by atoms with Gasteiger partial charge in [0.2, 0.25) is 0 Å². The quantitative estimate of drug-likeness (QED) is 0.677. The maximum Gasteiger partial charge on any atom is 0.0479 e. The molecule has 1 fully saturated rings. The monoisotopic (exact) mass is 227 g/mol. The van der Waals surface area contributed by atoms with Crippen molar-refractivity contribution in [3.05, 3.63) is 36.0 Å². The summed E-state index contributed by atoms with van der Waals surface area (Å²) < 4.78 is 2.40. The number of hydrogen-bond acceptors (Lipinski definition) is 0. The first-order valence-electron chi connectivity index (χ1n) is 6.80. The summed E-state index contributed by atoms with van der Waals surface area (Å²) in [5.41, 5.74) is 2.92. The normalized spacial score (nSPS) is 25.3. The van der Waals surface area contributed by atoms with E-state index >= 15 is 0 Å². The van der Waals surface area contributed by atoms with E-state index in [2.05, 4.69) is 48.9 Å². The minimum absolute atomic E-state index is 0.781. The van der Waals surface area contributed by atoms with Crippen molar-refractivity contribution in [2.75, 3.05) is 0 Å². The van der Waals surface area contributed by atoms with E-state index in [9.17, 15) is 0 Å². The molecule has 1 heterocycles. The van der Waals surface area contributed by atoms with Crippen LogP contribution in [0.25, 0.3) is 10.9 Å². The summed E-state index contributed by atoms with van der Waals surface area (Å²) in [6, 6.07) is 11.1. The summed E-state index contributed by atoms with van der Waals surface area (Å²) in [5.74, 6) is 1.71. The zero-order valence-corrected chi connectivity index (χ0v) is 10.8. The second-order valence-corrected chi connectivity index (χ2v) is 5.64. The van der Waals surface area contributed by atoms with Crippen molar-refractivity contribution >= 4 is 10.9 Å². The van der Waals surface area contributed by atoms with E-state index in [4.69, 9.17) is 0 Å². The number of fused-ring (bicyclic) bond motifs is 1. The van der Waals surface area contributed by atoms with E-state index in [0.717, 1.165) is 11.8 Å². The molecule has 3 rings (SSSR count). The van der Waals surface area contributed by atoms with Crippen molar-refractivity contribution in [2.45, 2.75) is 38.5 Å². The van der Waals surface area contributed by atoms with Gasteiger partial charge < -0.3 is 4.57 Å². The number of aryl methyl sites for hydroxylation is 1. The standard InChI is InChI=1S/C16H21N/c1-12-7-9-13(10-8-12)16-11-14-5-3-4-6-15(14)17(16)2/h3-6,11-13H,7-10H2,1-2H3/t12-,13-. The Bertz CT molecular complexity index is 515. The van der Waals surface area contributed by atoms with Crippen LogP contribution in [-0.4, -0.2) is 4.57 Å². The van der Waals surface area contributed by atoms with Crippen LogP contribution in [0.1, 0.15) is 44.2 Å². The predicted octanol–water partition coefficient (Wildman–Crippen LogP) is 4.47. The Morgan fingerprint density at radius 2 is 1.76 bits per heavy atom. The van der Waals surface area contributed by atoms with Crippen LogP contribution >= 0.6 is 0 Å². The molecule has 0 N–H and O–H groups in total. The fraction of sp³-hybridized carbons (Fsp3) is 0.500. The smallest absolute Gasteiger partial charge is 0.0479 e. The minimum atomic E-state index is 0.781. The van der Waals surface area contributed by atoms with Gasteiger partial charge in [0.1, 0.15) is 0 Å². The van der Waals surface area contributed by atoms with Gasteiger partial charge in [-0.2, -0.15) is 0 Å². The van der Waals surface area contributed by atoms with Crippen LogP contribution in [0, 0.1) is 5.92 Å². The number of benzene rings is 1. The fourth-order valence-electron chi connectivity index (χ4n) is 3.26. The molecule has 1 nitrogen and oxygen atoms in total. The Morgan fingerprint density at radius 1 is 1.06 bits per heavy atom. The van der Waals surface area contributed by atoms with Crippen LogP contribution in [-0.2, 0) is 7.05 Å². The van der Waals surface area contributed by atoms with E-state index < -0.39 is 0 Å². The van der Waals surface area contributed by atoms with Crippen molar-refractivity contribution in [2.24, 2.45) is 13.0 Å². The van der Waals surface area contributed by atoms with Gasteiger partial charge in [-0.1, -0.05) is 38.0 Å². The highest BCUT2D eigenvalue weighted by molar-refractivity contribution is 5.81. The van der Waals surface area contributed by atoms with Gasteiger partial charge in [0, 0.05) is 18.3 Å². The number of nitrogens with zero attached hydrogens (tertiary/aromatic N) is 1. The molecule has 17 heavy (non-hydrogen) atoms. The highest BCUT2D eigenvalue weighted by Crippen LogP contribution is 2.37. The molecule has 1 saturated carbocycles. The van der Waals surface area contributed by atoms with Crippen molar-refractivity contribution in [3.8, 4) is 0 Å². The zero-order valence-electron chi connectivity index (χ0n) is 10.8. The van der Waals surface area contributed by atoms with Crippen LogP contribution in [0.3, 0.4) is 0 Å². The van der Waals surface area contributed by atoms with E-state index in [1.54, 1.807) is 0 Å². The SMILES string of the molecule is Cn1c2ccccc2cc1[C@H]1CC[C@H](C)CC1. The molecule has 0 spiro atoms. The van der Waals surface area contributed by atoms with Crippen molar-refractivity contribution in [1.82, 2.24) is 4.57 Å². The molecule has 0 bridgehead atoms. The molecule has 0 unspecified atom stereocenters. The maximum atomic E-state index is 2.40.